The SMILES string of the molecule is CN(C)CCCN1c2ccccc2Sc2ccc(Cl)cc21.Cl.Cl. The van der Waals surface area contributed by atoms with Gasteiger partial charge in [-0.05, 0) is 57.4 Å². The van der Waals surface area contributed by atoms with Crippen molar-refractivity contribution < 1.29 is 0 Å². The molecule has 126 valence electrons. The first kappa shape index (κ1) is 20.5. The van der Waals surface area contributed by atoms with Gasteiger partial charge in [-0.3, -0.25) is 0 Å². The molecule has 23 heavy (non-hydrogen) atoms. The van der Waals surface area contributed by atoms with Gasteiger partial charge in [0.05, 0.1) is 11.4 Å². The van der Waals surface area contributed by atoms with E-state index in [0.29, 0.717) is 0 Å². The molecule has 0 amide bonds. The second-order valence-corrected chi connectivity index (χ2v) is 7.01. The van der Waals surface area contributed by atoms with Crippen LogP contribution >= 0.6 is 48.2 Å². The minimum atomic E-state index is 0. The summed E-state index contributed by atoms with van der Waals surface area (Å²) in [5, 5.41) is 0.798. The van der Waals surface area contributed by atoms with Crippen LogP contribution in [0.5, 0.6) is 0 Å². The van der Waals surface area contributed by atoms with E-state index in [1.54, 1.807) is 0 Å². The largest absolute Gasteiger partial charge is 0.340 e. The number of benzene rings is 2. The van der Waals surface area contributed by atoms with E-state index in [-0.39, 0.29) is 24.8 Å². The quantitative estimate of drug-likeness (QED) is 0.656. The zero-order valence-corrected chi connectivity index (χ0v) is 16.4. The maximum Gasteiger partial charge on any atom is 0.0567 e. The molecule has 0 atom stereocenters. The summed E-state index contributed by atoms with van der Waals surface area (Å²) in [6.45, 7) is 2.09. The molecule has 1 aliphatic heterocycles. The van der Waals surface area contributed by atoms with Gasteiger partial charge in [-0.25, -0.2) is 0 Å². The van der Waals surface area contributed by atoms with E-state index in [4.69, 9.17) is 11.6 Å². The topological polar surface area (TPSA) is 6.48 Å². The van der Waals surface area contributed by atoms with Gasteiger partial charge in [0, 0.05) is 21.4 Å². The van der Waals surface area contributed by atoms with Crippen LogP contribution in [0.15, 0.2) is 52.3 Å². The summed E-state index contributed by atoms with van der Waals surface area (Å²) in [5.74, 6) is 0. The highest BCUT2D eigenvalue weighted by Crippen LogP contribution is 2.48. The lowest BCUT2D eigenvalue weighted by Gasteiger charge is -2.33. The second-order valence-electron chi connectivity index (χ2n) is 5.49. The Labute approximate surface area is 160 Å². The molecule has 6 heteroatoms. The smallest absolute Gasteiger partial charge is 0.0567 e. The van der Waals surface area contributed by atoms with Crippen molar-refractivity contribution in [2.45, 2.75) is 16.2 Å². The first-order chi connectivity index (χ1) is 10.1. The normalized spacial score (nSPS) is 12.1. The van der Waals surface area contributed by atoms with Crippen molar-refractivity contribution in [3.8, 4) is 0 Å². The van der Waals surface area contributed by atoms with E-state index in [0.717, 1.165) is 24.5 Å². The van der Waals surface area contributed by atoms with Crippen LogP contribution in [0.1, 0.15) is 6.42 Å². The van der Waals surface area contributed by atoms with Crippen LogP contribution in [0.25, 0.3) is 0 Å². The summed E-state index contributed by atoms with van der Waals surface area (Å²) in [6.07, 6.45) is 1.12. The molecule has 2 aromatic rings. The Bertz CT molecular complexity index is 649. The first-order valence-electron chi connectivity index (χ1n) is 7.14. The minimum Gasteiger partial charge on any atom is -0.340 e. The summed E-state index contributed by atoms with van der Waals surface area (Å²) < 4.78 is 0. The molecule has 2 nitrogen and oxygen atoms in total. The predicted molar refractivity (Wildman–Crippen MR) is 107 cm³/mol. The van der Waals surface area contributed by atoms with Crippen molar-refractivity contribution in [2.24, 2.45) is 0 Å². The number of anilines is 2. The third kappa shape index (κ3) is 4.71. The molecule has 0 radical (unpaired) electrons. The zero-order chi connectivity index (χ0) is 14.8. The molecule has 0 bridgehead atoms. The number of fused-ring (bicyclic) bond motifs is 2. The van der Waals surface area contributed by atoms with Gasteiger partial charge in [-0.2, -0.15) is 0 Å². The fraction of sp³-hybridized carbons (Fsp3) is 0.294. The molecule has 1 heterocycles. The molecular formula is C17H21Cl3N2S. The maximum absolute atomic E-state index is 6.21. The average Bonchev–Trinajstić information content (AvgIpc) is 2.46. The monoisotopic (exact) mass is 390 g/mol. The van der Waals surface area contributed by atoms with Crippen LogP contribution in [-0.4, -0.2) is 32.1 Å². The highest BCUT2D eigenvalue weighted by Gasteiger charge is 2.22. The third-order valence-corrected chi connectivity index (χ3v) is 4.94. The van der Waals surface area contributed by atoms with Crippen molar-refractivity contribution in [3.63, 3.8) is 0 Å². The number of hydrogen-bond acceptors (Lipinski definition) is 3. The molecular weight excluding hydrogens is 371 g/mol. The standard InChI is InChI=1S/C17H19ClN2S.2ClH/c1-19(2)10-5-11-20-14-6-3-4-7-16(14)21-17-9-8-13(18)12-15(17)20;;/h3-4,6-9,12H,5,10-11H2,1-2H3;2*1H. The van der Waals surface area contributed by atoms with E-state index < -0.39 is 0 Å². The molecule has 2 aromatic carbocycles. The van der Waals surface area contributed by atoms with Crippen molar-refractivity contribution in [1.29, 1.82) is 0 Å². The molecule has 1 aliphatic rings. The number of halogens is 3. The van der Waals surface area contributed by atoms with E-state index in [2.05, 4.69) is 60.3 Å². The summed E-state index contributed by atoms with van der Waals surface area (Å²) in [5.41, 5.74) is 2.51. The van der Waals surface area contributed by atoms with Gasteiger partial charge in [-0.15, -0.1) is 24.8 Å². The lowest BCUT2D eigenvalue weighted by molar-refractivity contribution is 0.402. The molecule has 0 fully saturated rings. The predicted octanol–water partition coefficient (Wildman–Crippen LogP) is 5.74. The molecule has 0 aliphatic carbocycles. The van der Waals surface area contributed by atoms with E-state index in [9.17, 15) is 0 Å². The van der Waals surface area contributed by atoms with Gasteiger partial charge >= 0.3 is 0 Å². The van der Waals surface area contributed by atoms with Gasteiger partial charge in [0.15, 0.2) is 0 Å². The highest BCUT2D eigenvalue weighted by atomic mass is 35.5. The fourth-order valence-electron chi connectivity index (χ4n) is 2.59. The van der Waals surface area contributed by atoms with Gasteiger partial charge in [-0.1, -0.05) is 35.5 Å². The fourth-order valence-corrected chi connectivity index (χ4v) is 3.83. The van der Waals surface area contributed by atoms with Gasteiger partial charge < -0.3 is 9.80 Å². The molecule has 0 saturated carbocycles. The summed E-state index contributed by atoms with van der Waals surface area (Å²) in [4.78, 5) is 7.22. The van der Waals surface area contributed by atoms with E-state index >= 15 is 0 Å². The highest BCUT2D eigenvalue weighted by molar-refractivity contribution is 7.99. The van der Waals surface area contributed by atoms with Crippen molar-refractivity contribution in [3.05, 3.63) is 47.5 Å². The van der Waals surface area contributed by atoms with Gasteiger partial charge in [0.25, 0.3) is 0 Å². The van der Waals surface area contributed by atoms with Crippen LogP contribution in [0, 0.1) is 0 Å². The number of para-hydroxylation sites is 1. The summed E-state index contributed by atoms with van der Waals surface area (Å²) in [6, 6.07) is 14.8. The van der Waals surface area contributed by atoms with Crippen LogP contribution in [0.4, 0.5) is 11.4 Å². The molecule has 0 spiro atoms. The van der Waals surface area contributed by atoms with Crippen molar-refractivity contribution in [2.75, 3.05) is 32.1 Å². The second kappa shape index (κ2) is 9.05. The molecule has 0 aromatic heterocycles. The van der Waals surface area contributed by atoms with E-state index in [1.807, 2.05) is 17.8 Å². The number of rotatable bonds is 4. The Morgan fingerprint density at radius 1 is 1.00 bits per heavy atom. The van der Waals surface area contributed by atoms with Crippen LogP contribution in [0.2, 0.25) is 5.02 Å². The minimum absolute atomic E-state index is 0. The Morgan fingerprint density at radius 3 is 2.43 bits per heavy atom. The summed E-state index contributed by atoms with van der Waals surface area (Å²) >= 11 is 8.03. The Kier molecular flexibility index (Phi) is 8.05. The lowest BCUT2D eigenvalue weighted by atomic mass is 10.2. The molecule has 0 saturated heterocycles. The molecule has 0 unspecified atom stereocenters. The van der Waals surface area contributed by atoms with Crippen LogP contribution in [-0.2, 0) is 0 Å². The van der Waals surface area contributed by atoms with Crippen LogP contribution in [0.3, 0.4) is 0 Å². The Morgan fingerprint density at radius 2 is 1.70 bits per heavy atom. The van der Waals surface area contributed by atoms with E-state index in [1.165, 1.54) is 21.2 Å². The Hall–Kier alpha value is -0.580. The summed E-state index contributed by atoms with van der Waals surface area (Å²) in [7, 11) is 4.23. The average molecular weight is 392 g/mol. The van der Waals surface area contributed by atoms with Crippen molar-refractivity contribution in [1.82, 2.24) is 4.90 Å². The molecule has 3 rings (SSSR count). The zero-order valence-electron chi connectivity index (χ0n) is 13.2. The maximum atomic E-state index is 6.21. The van der Waals surface area contributed by atoms with Crippen molar-refractivity contribution >= 4 is 59.6 Å². The van der Waals surface area contributed by atoms with Gasteiger partial charge in [0.1, 0.15) is 0 Å². The lowest BCUT2D eigenvalue weighted by Crippen LogP contribution is -2.25. The first-order valence-corrected chi connectivity index (χ1v) is 8.33. The van der Waals surface area contributed by atoms with Gasteiger partial charge in [0.2, 0.25) is 0 Å². The Balaban J connectivity index is 0.00000132. The number of hydrogen-bond donors (Lipinski definition) is 0. The third-order valence-electron chi connectivity index (χ3n) is 3.57. The molecule has 0 N–H and O–H groups in total. The number of nitrogens with zero attached hydrogens (tertiary/aromatic N) is 2. The van der Waals surface area contributed by atoms with Crippen LogP contribution < -0.4 is 4.90 Å².